The maximum Gasteiger partial charge on any atom is 0.182 e. The van der Waals surface area contributed by atoms with Crippen molar-refractivity contribution in [3.05, 3.63) is 30.3 Å². The van der Waals surface area contributed by atoms with Crippen LogP contribution in [0.3, 0.4) is 0 Å². The third-order valence-electron chi connectivity index (χ3n) is 2.95. The highest BCUT2D eigenvalue weighted by atomic mass is 15.6. The van der Waals surface area contributed by atoms with Crippen molar-refractivity contribution in [2.24, 2.45) is 0 Å². The first-order valence-corrected chi connectivity index (χ1v) is 5.28. The van der Waals surface area contributed by atoms with Crippen LogP contribution >= 0.6 is 0 Å². The van der Waals surface area contributed by atoms with Crippen LogP contribution in [-0.4, -0.2) is 20.2 Å². The van der Waals surface area contributed by atoms with Crippen molar-refractivity contribution in [3.63, 3.8) is 0 Å². The van der Waals surface area contributed by atoms with Crippen LogP contribution in [0.5, 0.6) is 0 Å². The molecule has 4 nitrogen and oxygen atoms in total. The smallest absolute Gasteiger partial charge is 0.182 e. The number of tetrazole rings is 1. The Morgan fingerprint density at radius 2 is 1.93 bits per heavy atom. The summed E-state index contributed by atoms with van der Waals surface area (Å²) in [6.07, 6.45) is 3.69. The Morgan fingerprint density at radius 3 is 2.60 bits per heavy atom. The van der Waals surface area contributed by atoms with Crippen LogP contribution < -0.4 is 0 Å². The van der Waals surface area contributed by atoms with Crippen LogP contribution in [0.2, 0.25) is 0 Å². The second kappa shape index (κ2) is 3.46. The molecule has 15 heavy (non-hydrogen) atoms. The third-order valence-corrected chi connectivity index (χ3v) is 2.95. The molecule has 0 N–H and O–H groups in total. The summed E-state index contributed by atoms with van der Waals surface area (Å²) in [5, 5.41) is 11.9. The zero-order valence-electron chi connectivity index (χ0n) is 8.37. The van der Waals surface area contributed by atoms with E-state index in [1.165, 1.54) is 19.3 Å². The summed E-state index contributed by atoms with van der Waals surface area (Å²) in [4.78, 5) is 0. The van der Waals surface area contributed by atoms with Crippen molar-refractivity contribution in [2.45, 2.75) is 25.3 Å². The highest BCUT2D eigenvalue weighted by Crippen LogP contribution is 2.33. The van der Waals surface area contributed by atoms with E-state index in [0.717, 1.165) is 11.4 Å². The number of aromatic nitrogens is 4. The standard InChI is InChI=1S/C11H12N4/c1-2-5-9(6-3-1)11-12-13-14-15(11)10-7-4-8-10/h1-3,5-6,10H,4,7-8H2. The number of hydrogen-bond acceptors (Lipinski definition) is 3. The van der Waals surface area contributed by atoms with Gasteiger partial charge in [-0.2, -0.15) is 0 Å². The lowest BCUT2D eigenvalue weighted by Gasteiger charge is -2.25. The van der Waals surface area contributed by atoms with Gasteiger partial charge in [-0.1, -0.05) is 30.3 Å². The Labute approximate surface area is 87.9 Å². The van der Waals surface area contributed by atoms with Gasteiger partial charge in [0.15, 0.2) is 5.82 Å². The average Bonchev–Trinajstić information content (AvgIpc) is 2.65. The van der Waals surface area contributed by atoms with Gasteiger partial charge in [0.2, 0.25) is 0 Å². The molecule has 2 aromatic rings. The number of hydrogen-bond donors (Lipinski definition) is 0. The highest BCUT2D eigenvalue weighted by Gasteiger charge is 2.23. The zero-order chi connectivity index (χ0) is 10.1. The summed E-state index contributed by atoms with van der Waals surface area (Å²) in [6.45, 7) is 0. The minimum Gasteiger partial charge on any atom is -0.222 e. The molecule has 0 saturated heterocycles. The molecular weight excluding hydrogens is 188 g/mol. The summed E-state index contributed by atoms with van der Waals surface area (Å²) < 4.78 is 1.96. The van der Waals surface area contributed by atoms with E-state index in [-0.39, 0.29) is 0 Å². The second-order valence-electron chi connectivity index (χ2n) is 3.90. The molecule has 1 heterocycles. The quantitative estimate of drug-likeness (QED) is 0.745. The van der Waals surface area contributed by atoms with Crippen LogP contribution in [0.1, 0.15) is 25.3 Å². The molecule has 0 radical (unpaired) electrons. The van der Waals surface area contributed by atoms with E-state index in [4.69, 9.17) is 0 Å². The molecular formula is C11H12N4. The first-order valence-electron chi connectivity index (χ1n) is 5.28. The van der Waals surface area contributed by atoms with Crippen LogP contribution in [0.4, 0.5) is 0 Å². The van der Waals surface area contributed by atoms with Crippen LogP contribution in [0, 0.1) is 0 Å². The van der Waals surface area contributed by atoms with Gasteiger partial charge in [-0.15, -0.1) is 5.10 Å². The minimum absolute atomic E-state index is 0.509. The Hall–Kier alpha value is -1.71. The number of rotatable bonds is 2. The van der Waals surface area contributed by atoms with Crippen molar-refractivity contribution in [1.82, 2.24) is 20.2 Å². The lowest BCUT2D eigenvalue weighted by Crippen LogP contribution is -2.19. The predicted octanol–water partition coefficient (Wildman–Crippen LogP) is 2.07. The molecule has 1 aromatic heterocycles. The van der Waals surface area contributed by atoms with Gasteiger partial charge >= 0.3 is 0 Å². The van der Waals surface area contributed by atoms with Crippen molar-refractivity contribution in [1.29, 1.82) is 0 Å². The second-order valence-corrected chi connectivity index (χ2v) is 3.90. The molecule has 3 rings (SSSR count). The van der Waals surface area contributed by atoms with Crippen molar-refractivity contribution in [2.75, 3.05) is 0 Å². The van der Waals surface area contributed by atoms with Crippen molar-refractivity contribution >= 4 is 0 Å². The molecule has 4 heteroatoms. The maximum atomic E-state index is 4.09. The average molecular weight is 200 g/mol. The monoisotopic (exact) mass is 200 g/mol. The van der Waals surface area contributed by atoms with E-state index in [1.54, 1.807) is 0 Å². The fourth-order valence-electron chi connectivity index (χ4n) is 1.85. The number of benzene rings is 1. The molecule has 1 aliphatic rings. The highest BCUT2D eigenvalue weighted by molar-refractivity contribution is 5.54. The SMILES string of the molecule is c1ccc(-c2nnnn2C2CCC2)cc1. The Morgan fingerprint density at radius 1 is 1.13 bits per heavy atom. The molecule has 1 fully saturated rings. The van der Waals surface area contributed by atoms with E-state index in [9.17, 15) is 0 Å². The topological polar surface area (TPSA) is 43.6 Å². The molecule has 1 aromatic carbocycles. The molecule has 0 amide bonds. The van der Waals surface area contributed by atoms with Gasteiger partial charge in [0, 0.05) is 5.56 Å². The summed E-state index contributed by atoms with van der Waals surface area (Å²) in [7, 11) is 0. The Balaban J connectivity index is 2.01. The summed E-state index contributed by atoms with van der Waals surface area (Å²) >= 11 is 0. The molecule has 1 aliphatic carbocycles. The summed E-state index contributed by atoms with van der Waals surface area (Å²) in [5.41, 5.74) is 1.09. The minimum atomic E-state index is 0.509. The first-order chi connectivity index (χ1) is 7.45. The van der Waals surface area contributed by atoms with Gasteiger partial charge in [0.05, 0.1) is 6.04 Å². The zero-order valence-corrected chi connectivity index (χ0v) is 8.37. The Kier molecular flexibility index (Phi) is 1.98. The molecule has 0 bridgehead atoms. The largest absolute Gasteiger partial charge is 0.222 e. The lowest BCUT2D eigenvalue weighted by molar-refractivity contribution is 0.287. The van der Waals surface area contributed by atoms with E-state index in [0.29, 0.717) is 6.04 Å². The van der Waals surface area contributed by atoms with Gasteiger partial charge < -0.3 is 0 Å². The van der Waals surface area contributed by atoms with Gasteiger partial charge in [-0.3, -0.25) is 0 Å². The van der Waals surface area contributed by atoms with Crippen LogP contribution in [0.25, 0.3) is 11.4 Å². The van der Waals surface area contributed by atoms with Gasteiger partial charge in [0.25, 0.3) is 0 Å². The normalized spacial score (nSPS) is 16.3. The van der Waals surface area contributed by atoms with Crippen LogP contribution in [-0.2, 0) is 0 Å². The molecule has 1 saturated carbocycles. The summed E-state index contributed by atoms with van der Waals surface area (Å²) in [5.74, 6) is 0.889. The fraction of sp³-hybridized carbons (Fsp3) is 0.364. The predicted molar refractivity (Wildman–Crippen MR) is 56.1 cm³/mol. The molecule has 0 spiro atoms. The van der Waals surface area contributed by atoms with Gasteiger partial charge in [-0.05, 0) is 29.7 Å². The van der Waals surface area contributed by atoms with E-state index < -0.39 is 0 Å². The van der Waals surface area contributed by atoms with Crippen LogP contribution in [0.15, 0.2) is 30.3 Å². The lowest BCUT2D eigenvalue weighted by atomic mass is 9.93. The van der Waals surface area contributed by atoms with Crippen molar-refractivity contribution < 1.29 is 0 Å². The third kappa shape index (κ3) is 1.42. The number of nitrogens with zero attached hydrogens (tertiary/aromatic N) is 4. The van der Waals surface area contributed by atoms with Gasteiger partial charge in [-0.25, -0.2) is 4.68 Å². The first kappa shape index (κ1) is 8.59. The van der Waals surface area contributed by atoms with E-state index in [2.05, 4.69) is 15.5 Å². The van der Waals surface area contributed by atoms with Crippen molar-refractivity contribution in [3.8, 4) is 11.4 Å². The maximum absolute atomic E-state index is 4.09. The molecule has 0 unspecified atom stereocenters. The van der Waals surface area contributed by atoms with E-state index in [1.807, 2.05) is 35.0 Å². The summed E-state index contributed by atoms with van der Waals surface area (Å²) in [6, 6.07) is 10.6. The molecule has 0 atom stereocenters. The fourth-order valence-corrected chi connectivity index (χ4v) is 1.85. The van der Waals surface area contributed by atoms with Gasteiger partial charge in [0.1, 0.15) is 0 Å². The molecule has 76 valence electrons. The molecule has 0 aliphatic heterocycles. The van der Waals surface area contributed by atoms with E-state index >= 15 is 0 Å². The Bertz CT molecular complexity index is 445.